The van der Waals surface area contributed by atoms with Gasteiger partial charge in [-0.2, -0.15) is 0 Å². The molecule has 0 aliphatic rings. The van der Waals surface area contributed by atoms with E-state index in [4.69, 9.17) is 5.73 Å². The Labute approximate surface area is 87.8 Å². The van der Waals surface area contributed by atoms with Gasteiger partial charge in [0.15, 0.2) is 0 Å². The van der Waals surface area contributed by atoms with Gasteiger partial charge in [-0.3, -0.25) is 0 Å². The summed E-state index contributed by atoms with van der Waals surface area (Å²) in [5, 5.41) is 0.944. The van der Waals surface area contributed by atoms with Crippen LogP contribution >= 0.6 is 27.3 Å². The molecule has 0 spiro atoms. The molecule has 0 bridgehead atoms. The topological polar surface area (TPSA) is 51.8 Å². The highest BCUT2D eigenvalue weighted by Crippen LogP contribution is 2.27. The summed E-state index contributed by atoms with van der Waals surface area (Å²) in [4.78, 5) is 8.20. The predicted molar refractivity (Wildman–Crippen MR) is 57.5 cm³/mol. The van der Waals surface area contributed by atoms with Gasteiger partial charge in [-0.15, -0.1) is 11.3 Å². The zero-order valence-electron chi connectivity index (χ0n) is 6.57. The van der Waals surface area contributed by atoms with Gasteiger partial charge >= 0.3 is 0 Å². The van der Waals surface area contributed by atoms with Crippen molar-refractivity contribution in [2.45, 2.75) is 0 Å². The maximum Gasteiger partial charge on any atom is 0.125 e. The number of hydrogen-bond acceptors (Lipinski definition) is 4. The highest BCUT2D eigenvalue weighted by molar-refractivity contribution is 9.11. The summed E-state index contributed by atoms with van der Waals surface area (Å²) < 4.78 is 1.01. The van der Waals surface area contributed by atoms with Crippen LogP contribution in [0.25, 0.3) is 10.6 Å². The Morgan fingerprint density at radius 1 is 1.23 bits per heavy atom. The number of rotatable bonds is 1. The van der Waals surface area contributed by atoms with Crippen LogP contribution < -0.4 is 5.73 Å². The Morgan fingerprint density at radius 3 is 2.62 bits per heavy atom. The minimum absolute atomic E-state index is 0.527. The summed E-state index contributed by atoms with van der Waals surface area (Å²) in [6.07, 6.45) is 3.50. The van der Waals surface area contributed by atoms with E-state index in [-0.39, 0.29) is 0 Å². The average Bonchev–Trinajstić information content (AvgIpc) is 2.53. The summed E-state index contributed by atoms with van der Waals surface area (Å²) in [6, 6.07) is 3.68. The van der Waals surface area contributed by atoms with Crippen molar-refractivity contribution < 1.29 is 0 Å². The minimum Gasteiger partial charge on any atom is -0.384 e. The second-order valence-corrected chi connectivity index (χ2v) is 4.85. The van der Waals surface area contributed by atoms with Crippen LogP contribution in [0, 0.1) is 0 Å². The number of halogens is 1. The van der Waals surface area contributed by atoms with Crippen LogP contribution in [0.4, 0.5) is 5.82 Å². The fourth-order valence-electron chi connectivity index (χ4n) is 0.920. The molecule has 0 amide bonds. The summed E-state index contributed by atoms with van der Waals surface area (Å²) >= 11 is 4.93. The summed E-state index contributed by atoms with van der Waals surface area (Å²) in [5.74, 6) is 0.527. The molecule has 5 heteroatoms. The molecule has 2 heterocycles. The van der Waals surface area contributed by atoms with Crippen molar-refractivity contribution in [1.82, 2.24) is 9.97 Å². The van der Waals surface area contributed by atoms with E-state index in [2.05, 4.69) is 25.9 Å². The van der Waals surface area contributed by atoms with Crippen molar-refractivity contribution in [3.63, 3.8) is 0 Å². The first-order chi connectivity index (χ1) is 6.25. The number of nitrogen functional groups attached to an aromatic ring is 1. The maximum absolute atomic E-state index is 5.47. The zero-order valence-corrected chi connectivity index (χ0v) is 8.97. The Kier molecular flexibility index (Phi) is 2.28. The Hall–Kier alpha value is -0.940. The average molecular weight is 256 g/mol. The summed E-state index contributed by atoms with van der Waals surface area (Å²) in [5.41, 5.74) is 6.46. The van der Waals surface area contributed by atoms with E-state index in [1.54, 1.807) is 29.8 Å². The van der Waals surface area contributed by atoms with Gasteiger partial charge < -0.3 is 5.73 Å². The molecule has 0 atom stereocenters. The lowest BCUT2D eigenvalue weighted by Crippen LogP contribution is -1.88. The monoisotopic (exact) mass is 255 g/mol. The van der Waals surface area contributed by atoms with Crippen LogP contribution in [0.1, 0.15) is 0 Å². The lowest BCUT2D eigenvalue weighted by molar-refractivity contribution is 1.32. The van der Waals surface area contributed by atoms with Crippen molar-refractivity contribution in [2.75, 3.05) is 5.73 Å². The van der Waals surface area contributed by atoms with Crippen LogP contribution in [0.15, 0.2) is 28.3 Å². The van der Waals surface area contributed by atoms with Gasteiger partial charge in [-0.05, 0) is 28.1 Å². The fraction of sp³-hybridized carbons (Fsp3) is 0. The first kappa shape index (κ1) is 8.65. The lowest BCUT2D eigenvalue weighted by atomic mass is 10.3. The third-order valence-electron chi connectivity index (χ3n) is 1.51. The SMILES string of the molecule is Nc1ccc(-c2ncc(Br)s2)cn1. The molecule has 0 fully saturated rings. The highest BCUT2D eigenvalue weighted by atomic mass is 79.9. The number of nitrogens with zero attached hydrogens (tertiary/aromatic N) is 2. The first-order valence-corrected chi connectivity index (χ1v) is 5.20. The van der Waals surface area contributed by atoms with Crippen LogP contribution in [-0.4, -0.2) is 9.97 Å². The van der Waals surface area contributed by atoms with Crippen molar-refractivity contribution in [1.29, 1.82) is 0 Å². The molecule has 2 aromatic rings. The number of nitrogens with two attached hydrogens (primary N) is 1. The summed E-state index contributed by atoms with van der Waals surface area (Å²) in [7, 11) is 0. The molecule has 2 aromatic heterocycles. The van der Waals surface area contributed by atoms with Crippen LogP contribution in [-0.2, 0) is 0 Å². The number of anilines is 1. The molecule has 0 aromatic carbocycles. The van der Waals surface area contributed by atoms with Crippen molar-refractivity contribution in [3.05, 3.63) is 28.3 Å². The number of hydrogen-bond donors (Lipinski definition) is 1. The van der Waals surface area contributed by atoms with Crippen LogP contribution in [0.2, 0.25) is 0 Å². The van der Waals surface area contributed by atoms with Crippen molar-refractivity contribution in [2.24, 2.45) is 0 Å². The summed E-state index contributed by atoms with van der Waals surface area (Å²) in [6.45, 7) is 0. The second-order valence-electron chi connectivity index (χ2n) is 2.44. The molecular formula is C8H6BrN3S. The van der Waals surface area contributed by atoms with E-state index < -0.39 is 0 Å². The van der Waals surface area contributed by atoms with Gasteiger partial charge in [0.05, 0.1) is 9.98 Å². The van der Waals surface area contributed by atoms with E-state index >= 15 is 0 Å². The van der Waals surface area contributed by atoms with E-state index in [1.807, 2.05) is 6.07 Å². The van der Waals surface area contributed by atoms with Gasteiger partial charge in [0, 0.05) is 11.8 Å². The molecule has 2 rings (SSSR count). The Bertz CT molecular complexity index is 410. The fourth-order valence-corrected chi connectivity index (χ4v) is 2.12. The van der Waals surface area contributed by atoms with Gasteiger partial charge in [-0.25, -0.2) is 9.97 Å². The van der Waals surface area contributed by atoms with Gasteiger partial charge in [0.2, 0.25) is 0 Å². The third kappa shape index (κ3) is 1.87. The third-order valence-corrected chi connectivity index (χ3v) is 3.04. The predicted octanol–water partition coefficient (Wildman–Crippen LogP) is 2.55. The van der Waals surface area contributed by atoms with Gasteiger partial charge in [0.25, 0.3) is 0 Å². The smallest absolute Gasteiger partial charge is 0.125 e. The molecule has 0 aliphatic heterocycles. The highest BCUT2D eigenvalue weighted by Gasteiger charge is 2.02. The van der Waals surface area contributed by atoms with Crippen molar-refractivity contribution in [3.8, 4) is 10.6 Å². The van der Waals surface area contributed by atoms with Gasteiger partial charge in [0.1, 0.15) is 10.8 Å². The van der Waals surface area contributed by atoms with E-state index in [9.17, 15) is 0 Å². The van der Waals surface area contributed by atoms with E-state index in [0.717, 1.165) is 14.4 Å². The zero-order chi connectivity index (χ0) is 9.26. The molecular weight excluding hydrogens is 250 g/mol. The van der Waals surface area contributed by atoms with Crippen LogP contribution in [0.3, 0.4) is 0 Å². The first-order valence-electron chi connectivity index (χ1n) is 3.59. The van der Waals surface area contributed by atoms with E-state index in [1.165, 1.54) is 0 Å². The van der Waals surface area contributed by atoms with Gasteiger partial charge in [-0.1, -0.05) is 0 Å². The molecule has 0 aliphatic carbocycles. The van der Waals surface area contributed by atoms with Crippen LogP contribution in [0.5, 0.6) is 0 Å². The molecule has 0 radical (unpaired) electrons. The standard InChI is InChI=1S/C8H6BrN3S/c9-6-4-12-8(13-6)5-1-2-7(10)11-3-5/h1-4H,(H2,10,11). The maximum atomic E-state index is 5.47. The Balaban J connectivity index is 2.41. The number of aromatic nitrogens is 2. The quantitative estimate of drug-likeness (QED) is 0.853. The molecule has 2 N–H and O–H groups in total. The minimum atomic E-state index is 0.527. The second kappa shape index (κ2) is 3.43. The molecule has 66 valence electrons. The largest absolute Gasteiger partial charge is 0.384 e. The number of thiazole rings is 1. The van der Waals surface area contributed by atoms with E-state index in [0.29, 0.717) is 5.82 Å². The molecule has 0 saturated heterocycles. The normalized spacial score (nSPS) is 10.2. The Morgan fingerprint density at radius 2 is 2.08 bits per heavy atom. The van der Waals surface area contributed by atoms with Crippen molar-refractivity contribution >= 4 is 33.1 Å². The molecule has 0 saturated carbocycles. The number of pyridine rings is 1. The molecule has 0 unspecified atom stereocenters. The molecule has 13 heavy (non-hydrogen) atoms. The lowest BCUT2D eigenvalue weighted by Gasteiger charge is -1.94. The molecule has 3 nitrogen and oxygen atoms in total.